The van der Waals surface area contributed by atoms with Crippen molar-refractivity contribution >= 4 is 50.5 Å². The van der Waals surface area contributed by atoms with E-state index >= 15 is 0 Å². The van der Waals surface area contributed by atoms with E-state index in [4.69, 9.17) is 5.73 Å². The quantitative estimate of drug-likeness (QED) is 0.420. The first-order chi connectivity index (χ1) is 18.5. The Morgan fingerprint density at radius 3 is 2.46 bits per heavy atom. The molecule has 1 aromatic heterocycles. The number of phenolic OH excluding ortho intramolecular Hbond substituents is 1. The second-order valence-corrected chi connectivity index (χ2v) is 12.0. The molecule has 9 nitrogen and oxygen atoms in total. The second-order valence-electron chi connectivity index (χ2n) is 10.9. The van der Waals surface area contributed by atoms with Crippen LogP contribution in [0.4, 0.5) is 0 Å². The number of phenols is 1. The minimum Gasteiger partial charge on any atom is -0.507 e. The molecule has 0 radical (unpaired) electrons. The number of rotatable bonds is 3. The van der Waals surface area contributed by atoms with E-state index in [1.54, 1.807) is 31.5 Å². The Labute approximate surface area is 227 Å². The zero-order chi connectivity index (χ0) is 28.0. The summed E-state index contributed by atoms with van der Waals surface area (Å²) in [5.74, 6) is -10.5. The number of hydrogen-bond acceptors (Lipinski definition) is 9. The Morgan fingerprint density at radius 1 is 1.08 bits per heavy atom. The third-order valence-electron chi connectivity index (χ3n) is 8.64. The van der Waals surface area contributed by atoms with Crippen LogP contribution in [-0.4, -0.2) is 69.9 Å². The number of aliphatic hydroxyl groups is 1. The average Bonchev–Trinajstić information content (AvgIpc) is 3.30. The number of hydrogen-bond donors (Lipinski definition) is 3. The maximum absolute atomic E-state index is 13.9. The molecule has 39 heavy (non-hydrogen) atoms. The lowest BCUT2D eigenvalue weighted by molar-refractivity contribution is -0.181. The minimum atomic E-state index is -2.73. The van der Waals surface area contributed by atoms with Crippen molar-refractivity contribution < 1.29 is 34.2 Å². The summed E-state index contributed by atoms with van der Waals surface area (Å²) < 4.78 is 1.06. The van der Waals surface area contributed by atoms with Crippen molar-refractivity contribution in [2.45, 2.75) is 24.5 Å². The lowest BCUT2D eigenvalue weighted by atomic mass is 9.52. The fraction of sp³-hybridized carbons (Fsp3) is 0.345. The van der Waals surface area contributed by atoms with Crippen molar-refractivity contribution in [1.82, 2.24) is 4.90 Å². The maximum atomic E-state index is 13.9. The van der Waals surface area contributed by atoms with Crippen molar-refractivity contribution in [1.29, 1.82) is 0 Å². The summed E-state index contributed by atoms with van der Waals surface area (Å²) in [6.45, 7) is 0. The molecule has 2 saturated carbocycles. The topological polar surface area (TPSA) is 155 Å². The Kier molecular flexibility index (Phi) is 5.66. The van der Waals surface area contributed by atoms with Crippen LogP contribution >= 0.6 is 11.3 Å². The highest BCUT2D eigenvalue weighted by molar-refractivity contribution is 7.22. The minimum absolute atomic E-state index is 0.00319. The fourth-order valence-electron chi connectivity index (χ4n) is 6.95. The van der Waals surface area contributed by atoms with E-state index in [0.29, 0.717) is 5.56 Å². The zero-order valence-electron chi connectivity index (χ0n) is 21.2. The fourth-order valence-corrected chi connectivity index (χ4v) is 8.07. The van der Waals surface area contributed by atoms with E-state index in [2.05, 4.69) is 0 Å². The van der Waals surface area contributed by atoms with Gasteiger partial charge in [0.1, 0.15) is 5.75 Å². The number of likely N-dealkylation sites (N-methyl/N-ethyl adjacent to an activating group) is 1. The summed E-state index contributed by atoms with van der Waals surface area (Å²) in [7, 11) is 3.12. The van der Waals surface area contributed by atoms with Gasteiger partial charge in [-0.25, -0.2) is 0 Å². The van der Waals surface area contributed by atoms with Gasteiger partial charge in [-0.3, -0.25) is 28.9 Å². The molecule has 0 saturated heterocycles. The van der Waals surface area contributed by atoms with E-state index in [1.807, 2.05) is 30.3 Å². The number of fused-ring (bicyclic) bond motifs is 4. The number of carbonyl (C=O) groups is 5. The predicted molar refractivity (Wildman–Crippen MR) is 142 cm³/mol. The molecule has 4 N–H and O–H groups in total. The van der Waals surface area contributed by atoms with Crippen LogP contribution in [0.15, 0.2) is 42.5 Å². The Morgan fingerprint density at radius 2 is 1.79 bits per heavy atom. The van der Waals surface area contributed by atoms with Crippen LogP contribution in [0.1, 0.15) is 22.3 Å². The highest BCUT2D eigenvalue weighted by atomic mass is 32.1. The predicted octanol–water partition coefficient (Wildman–Crippen LogP) is 1.75. The third-order valence-corrected chi connectivity index (χ3v) is 9.79. The van der Waals surface area contributed by atoms with Crippen LogP contribution in [0.2, 0.25) is 0 Å². The van der Waals surface area contributed by atoms with E-state index in [-0.39, 0.29) is 24.2 Å². The van der Waals surface area contributed by atoms with Gasteiger partial charge in [-0.05, 0) is 73.6 Å². The number of nitrogens with two attached hydrogens (primary N) is 1. The number of benzene rings is 2. The summed E-state index contributed by atoms with van der Waals surface area (Å²) in [6, 6.07) is 11.9. The first kappa shape index (κ1) is 25.5. The molecule has 3 aromatic rings. The van der Waals surface area contributed by atoms with Crippen LogP contribution in [0, 0.1) is 23.7 Å². The molecule has 6 atom stereocenters. The molecule has 1 amide bonds. The van der Waals surface area contributed by atoms with Gasteiger partial charge in [-0.2, -0.15) is 0 Å². The van der Waals surface area contributed by atoms with E-state index in [9.17, 15) is 34.2 Å². The van der Waals surface area contributed by atoms with Gasteiger partial charge in [0.15, 0.2) is 34.7 Å². The molecule has 1 heterocycles. The second kappa shape index (κ2) is 8.64. The van der Waals surface area contributed by atoms with Crippen molar-refractivity contribution in [3.8, 4) is 16.2 Å². The van der Waals surface area contributed by atoms with E-state index in [1.165, 1.54) is 11.0 Å². The molecule has 2 aromatic carbocycles. The average molecular weight is 547 g/mol. The number of nitrogens with zero attached hydrogens (tertiary/aromatic N) is 1. The Hall–Kier alpha value is -3.73. The summed E-state index contributed by atoms with van der Waals surface area (Å²) in [5.41, 5.74) is 3.98. The van der Waals surface area contributed by atoms with Gasteiger partial charge in [0.05, 0.1) is 17.5 Å². The molecule has 3 aliphatic rings. The summed E-state index contributed by atoms with van der Waals surface area (Å²) in [6.07, 6.45) is 0.245. The molecule has 0 spiro atoms. The molecular weight excluding hydrogens is 520 g/mol. The van der Waals surface area contributed by atoms with Crippen LogP contribution in [0.5, 0.6) is 5.75 Å². The zero-order valence-corrected chi connectivity index (χ0v) is 22.0. The van der Waals surface area contributed by atoms with Crippen molar-refractivity contribution in [2.24, 2.45) is 29.4 Å². The summed E-state index contributed by atoms with van der Waals surface area (Å²) >= 11 is 1.55. The number of ketones is 4. The number of carbonyl (C=O) groups excluding carboxylic acids is 5. The number of primary amides is 1. The molecule has 10 heteroatoms. The van der Waals surface area contributed by atoms with Crippen LogP contribution in [-0.2, 0) is 25.6 Å². The number of amides is 1. The molecule has 2 unspecified atom stereocenters. The van der Waals surface area contributed by atoms with Crippen LogP contribution in [0.25, 0.3) is 20.5 Å². The molecule has 0 bridgehead atoms. The normalized spacial score (nSPS) is 30.3. The number of Topliss-reactive ketones (excluding diaryl/α,β-unsaturated/α-hetero) is 4. The summed E-state index contributed by atoms with van der Waals surface area (Å²) in [4.78, 5) is 68.9. The molecule has 6 rings (SSSR count). The molecule has 0 aliphatic heterocycles. The van der Waals surface area contributed by atoms with Crippen molar-refractivity contribution in [3.05, 3.63) is 53.6 Å². The Bertz CT molecular complexity index is 1590. The van der Waals surface area contributed by atoms with Crippen molar-refractivity contribution in [3.63, 3.8) is 0 Å². The first-order valence-corrected chi connectivity index (χ1v) is 13.5. The highest BCUT2D eigenvalue weighted by Gasteiger charge is 2.69. The van der Waals surface area contributed by atoms with Gasteiger partial charge in [-0.1, -0.05) is 18.2 Å². The smallest absolute Gasteiger partial charge is 0.235 e. The lowest BCUT2D eigenvalue weighted by Crippen LogP contribution is -2.74. The van der Waals surface area contributed by atoms with Crippen LogP contribution in [0.3, 0.4) is 0 Å². The maximum Gasteiger partial charge on any atom is 0.235 e. The Balaban J connectivity index is 1.49. The van der Waals surface area contributed by atoms with Crippen molar-refractivity contribution in [2.75, 3.05) is 14.1 Å². The van der Waals surface area contributed by atoms with Gasteiger partial charge >= 0.3 is 0 Å². The first-order valence-electron chi connectivity index (χ1n) is 12.6. The van der Waals surface area contributed by atoms with Gasteiger partial charge in [0.2, 0.25) is 5.91 Å². The van der Waals surface area contributed by atoms with Gasteiger partial charge in [-0.15, -0.1) is 11.3 Å². The SMILES string of the molecule is CN(C)[C@@H]1C(=O)C(C(N)=O)C(=O)[C@@]2(O)C(=O)C3C(=O)c4c(O)ccc(-c5cc6ccccc6s5)c4C[C@H]3C[C@@H]12. The van der Waals surface area contributed by atoms with Crippen LogP contribution < -0.4 is 5.73 Å². The standard InChI is InChI=1S/C29H26N2O7S/c1-31(2)23-16-10-13-9-15-14(19-11-12-5-3-4-6-18(12)39-19)7-8-17(32)21(15)24(33)20(13)26(35)29(16,38)27(36)22(25(23)34)28(30)37/h3-8,11,13,16,20,22-23,32,38H,9-10H2,1-2H3,(H2,30,37)/t13-,16-,20?,22?,23-,29-/m0/s1. The third kappa shape index (κ3) is 3.41. The number of thiophene rings is 1. The largest absolute Gasteiger partial charge is 0.507 e. The molecule has 3 aliphatic carbocycles. The summed E-state index contributed by atoms with van der Waals surface area (Å²) in [5, 5.41) is 23.5. The molecular formula is C29H26N2O7S. The van der Waals surface area contributed by atoms with E-state index in [0.717, 1.165) is 20.5 Å². The highest BCUT2D eigenvalue weighted by Crippen LogP contribution is 2.52. The van der Waals surface area contributed by atoms with E-state index < -0.39 is 64.4 Å². The lowest BCUT2D eigenvalue weighted by Gasteiger charge is -2.52. The molecule has 2 fully saturated rings. The van der Waals surface area contributed by atoms with Gasteiger partial charge < -0.3 is 15.9 Å². The van der Waals surface area contributed by atoms with Gasteiger partial charge in [0, 0.05) is 15.5 Å². The monoisotopic (exact) mass is 546 g/mol. The van der Waals surface area contributed by atoms with Gasteiger partial charge in [0.25, 0.3) is 0 Å². The number of aromatic hydroxyl groups is 1. The molecule has 200 valence electrons.